The van der Waals surface area contributed by atoms with Crippen molar-refractivity contribution >= 4 is 11.9 Å². The van der Waals surface area contributed by atoms with Crippen molar-refractivity contribution in [3.8, 4) is 0 Å². The topological polar surface area (TPSA) is 78.4 Å². The van der Waals surface area contributed by atoms with Gasteiger partial charge in [0.15, 0.2) is 0 Å². The molecule has 1 amide bonds. The molecular formula is C12H20N2O3. The highest BCUT2D eigenvalue weighted by atomic mass is 16.4. The van der Waals surface area contributed by atoms with Crippen molar-refractivity contribution in [1.29, 1.82) is 0 Å². The van der Waals surface area contributed by atoms with E-state index >= 15 is 0 Å². The maximum atomic E-state index is 11.3. The fraction of sp³-hybridized carbons (Fsp3) is 0.667. The molecule has 3 N–H and O–H groups in total. The summed E-state index contributed by atoms with van der Waals surface area (Å²) in [5.41, 5.74) is 0. The van der Waals surface area contributed by atoms with Gasteiger partial charge in [-0.05, 0) is 25.7 Å². The number of amides is 1. The first-order chi connectivity index (χ1) is 8.13. The normalized spacial score (nSPS) is 24.0. The zero-order valence-corrected chi connectivity index (χ0v) is 9.95. The van der Waals surface area contributed by atoms with Crippen LogP contribution in [0.5, 0.6) is 0 Å². The number of hydrogen-bond donors (Lipinski definition) is 3. The van der Waals surface area contributed by atoms with Crippen LogP contribution in [0, 0.1) is 5.92 Å². The molecular weight excluding hydrogens is 220 g/mol. The lowest BCUT2D eigenvalue weighted by Gasteiger charge is -2.26. The van der Waals surface area contributed by atoms with Crippen LogP contribution in [0.4, 0.5) is 0 Å². The maximum absolute atomic E-state index is 11.3. The molecule has 1 fully saturated rings. The minimum atomic E-state index is -0.702. The molecule has 0 heterocycles. The first-order valence-electron chi connectivity index (χ1n) is 5.97. The summed E-state index contributed by atoms with van der Waals surface area (Å²) < 4.78 is 0. The van der Waals surface area contributed by atoms with E-state index in [9.17, 15) is 9.59 Å². The minimum absolute atomic E-state index is 0.0507. The molecule has 1 saturated carbocycles. The Labute approximate surface area is 101 Å². The number of nitrogens with one attached hydrogen (secondary N) is 2. The van der Waals surface area contributed by atoms with E-state index in [1.807, 2.05) is 0 Å². The quantitative estimate of drug-likeness (QED) is 0.591. The smallest absolute Gasteiger partial charge is 0.306 e. The van der Waals surface area contributed by atoms with Crippen LogP contribution in [0.2, 0.25) is 0 Å². The van der Waals surface area contributed by atoms with Crippen LogP contribution in [0.3, 0.4) is 0 Å². The Morgan fingerprint density at radius 3 is 2.47 bits per heavy atom. The van der Waals surface area contributed by atoms with Crippen LogP contribution in [-0.4, -0.2) is 36.1 Å². The number of carboxylic acid groups (broad SMARTS) is 1. The van der Waals surface area contributed by atoms with Gasteiger partial charge in [0.1, 0.15) is 0 Å². The summed E-state index contributed by atoms with van der Waals surface area (Å²) in [6.07, 6.45) is 4.68. The number of carbonyl (C=O) groups is 2. The molecule has 0 radical (unpaired) electrons. The third kappa shape index (κ3) is 4.99. The molecule has 1 aliphatic rings. The van der Waals surface area contributed by atoms with E-state index in [0.717, 1.165) is 12.8 Å². The predicted octanol–water partition coefficient (Wildman–Crippen LogP) is 0.522. The molecule has 0 aromatic rings. The van der Waals surface area contributed by atoms with E-state index in [4.69, 9.17) is 5.11 Å². The molecule has 1 aliphatic carbocycles. The van der Waals surface area contributed by atoms with Crippen LogP contribution in [0.15, 0.2) is 12.7 Å². The molecule has 0 spiro atoms. The fourth-order valence-electron chi connectivity index (χ4n) is 2.03. The SMILES string of the molecule is C=CCNC(=O)CNC1CCC(C(=O)O)CC1. The Hall–Kier alpha value is -1.36. The number of aliphatic carboxylic acids is 1. The third-order valence-corrected chi connectivity index (χ3v) is 3.07. The molecule has 0 saturated heterocycles. The number of hydrogen-bond acceptors (Lipinski definition) is 3. The highest BCUT2D eigenvalue weighted by molar-refractivity contribution is 5.78. The number of carboxylic acids is 1. The van der Waals surface area contributed by atoms with Crippen molar-refractivity contribution in [2.75, 3.05) is 13.1 Å². The number of carbonyl (C=O) groups excluding carboxylic acids is 1. The summed E-state index contributed by atoms with van der Waals surface area (Å²) in [7, 11) is 0. The van der Waals surface area contributed by atoms with Gasteiger partial charge in [-0.15, -0.1) is 6.58 Å². The molecule has 0 aromatic carbocycles. The van der Waals surface area contributed by atoms with Crippen molar-refractivity contribution < 1.29 is 14.7 Å². The van der Waals surface area contributed by atoms with Gasteiger partial charge in [-0.1, -0.05) is 6.08 Å². The van der Waals surface area contributed by atoms with E-state index in [1.165, 1.54) is 0 Å². The second kappa shape index (κ2) is 7.06. The minimum Gasteiger partial charge on any atom is -0.481 e. The maximum Gasteiger partial charge on any atom is 0.306 e. The van der Waals surface area contributed by atoms with Crippen LogP contribution in [-0.2, 0) is 9.59 Å². The summed E-state index contributed by atoms with van der Waals surface area (Å²) >= 11 is 0. The molecule has 0 aliphatic heterocycles. The Kier molecular flexibility index (Phi) is 5.69. The van der Waals surface area contributed by atoms with Crippen LogP contribution in [0.1, 0.15) is 25.7 Å². The molecule has 0 bridgehead atoms. The largest absolute Gasteiger partial charge is 0.481 e. The standard InChI is InChI=1S/C12H20N2O3/c1-2-7-13-11(15)8-14-10-5-3-9(4-6-10)12(16)17/h2,9-10,14H,1,3-8H2,(H,13,15)(H,16,17). The zero-order valence-electron chi connectivity index (χ0n) is 9.95. The lowest BCUT2D eigenvalue weighted by Crippen LogP contribution is -2.41. The van der Waals surface area contributed by atoms with Gasteiger partial charge in [0, 0.05) is 12.6 Å². The average molecular weight is 240 g/mol. The summed E-state index contributed by atoms with van der Waals surface area (Å²) in [5, 5.41) is 14.7. The van der Waals surface area contributed by atoms with E-state index in [2.05, 4.69) is 17.2 Å². The zero-order chi connectivity index (χ0) is 12.7. The lowest BCUT2D eigenvalue weighted by atomic mass is 9.86. The van der Waals surface area contributed by atoms with E-state index in [-0.39, 0.29) is 24.4 Å². The van der Waals surface area contributed by atoms with E-state index in [1.54, 1.807) is 6.08 Å². The monoisotopic (exact) mass is 240 g/mol. The molecule has 96 valence electrons. The van der Waals surface area contributed by atoms with Gasteiger partial charge in [0.25, 0.3) is 0 Å². The third-order valence-electron chi connectivity index (χ3n) is 3.07. The molecule has 5 heteroatoms. The lowest BCUT2D eigenvalue weighted by molar-refractivity contribution is -0.143. The molecule has 0 atom stereocenters. The summed E-state index contributed by atoms with van der Waals surface area (Å²) in [4.78, 5) is 22.1. The van der Waals surface area contributed by atoms with Crippen LogP contribution < -0.4 is 10.6 Å². The summed E-state index contributed by atoms with van der Waals surface area (Å²) in [6, 6.07) is 0.264. The average Bonchev–Trinajstić information content (AvgIpc) is 2.34. The molecule has 0 unspecified atom stereocenters. The van der Waals surface area contributed by atoms with Gasteiger partial charge in [-0.25, -0.2) is 0 Å². The highest BCUT2D eigenvalue weighted by Gasteiger charge is 2.25. The second-order valence-corrected chi connectivity index (χ2v) is 4.36. The summed E-state index contributed by atoms with van der Waals surface area (Å²) in [5.74, 6) is -0.958. The Balaban J connectivity index is 2.15. The van der Waals surface area contributed by atoms with Crippen LogP contribution >= 0.6 is 0 Å². The van der Waals surface area contributed by atoms with Gasteiger partial charge in [0.05, 0.1) is 12.5 Å². The van der Waals surface area contributed by atoms with Crippen LogP contribution in [0.25, 0.3) is 0 Å². The van der Waals surface area contributed by atoms with Gasteiger partial charge < -0.3 is 15.7 Å². The van der Waals surface area contributed by atoms with Gasteiger partial charge in [-0.2, -0.15) is 0 Å². The second-order valence-electron chi connectivity index (χ2n) is 4.36. The predicted molar refractivity (Wildman–Crippen MR) is 64.6 cm³/mol. The van der Waals surface area contributed by atoms with Crippen molar-refractivity contribution in [3.05, 3.63) is 12.7 Å². The fourth-order valence-corrected chi connectivity index (χ4v) is 2.03. The van der Waals surface area contributed by atoms with Crippen molar-refractivity contribution in [3.63, 3.8) is 0 Å². The highest BCUT2D eigenvalue weighted by Crippen LogP contribution is 2.24. The van der Waals surface area contributed by atoms with Gasteiger partial charge in [0.2, 0.25) is 5.91 Å². The van der Waals surface area contributed by atoms with Gasteiger partial charge in [-0.3, -0.25) is 9.59 Å². The molecule has 0 aromatic heterocycles. The van der Waals surface area contributed by atoms with E-state index < -0.39 is 5.97 Å². The first-order valence-corrected chi connectivity index (χ1v) is 5.97. The Morgan fingerprint density at radius 2 is 1.94 bits per heavy atom. The molecule has 5 nitrogen and oxygen atoms in total. The van der Waals surface area contributed by atoms with Crippen molar-refractivity contribution in [2.45, 2.75) is 31.7 Å². The Bertz CT molecular complexity index is 283. The first kappa shape index (κ1) is 13.7. The Morgan fingerprint density at radius 1 is 1.29 bits per heavy atom. The van der Waals surface area contributed by atoms with Crippen molar-refractivity contribution in [2.24, 2.45) is 5.92 Å². The van der Waals surface area contributed by atoms with Crippen molar-refractivity contribution in [1.82, 2.24) is 10.6 Å². The summed E-state index contributed by atoms with van der Waals surface area (Å²) in [6.45, 7) is 4.28. The molecule has 1 rings (SSSR count). The van der Waals surface area contributed by atoms with Gasteiger partial charge >= 0.3 is 5.97 Å². The van der Waals surface area contributed by atoms with E-state index in [0.29, 0.717) is 19.4 Å². The number of rotatable bonds is 6. The molecule has 17 heavy (non-hydrogen) atoms.